The van der Waals surface area contributed by atoms with Gasteiger partial charge in [0.1, 0.15) is 11.5 Å². The molecule has 0 aliphatic rings. The van der Waals surface area contributed by atoms with Crippen LogP contribution in [0, 0.1) is 0 Å². The predicted octanol–water partition coefficient (Wildman–Crippen LogP) is 4.52. The van der Waals surface area contributed by atoms with Gasteiger partial charge in [-0.15, -0.1) is 10.2 Å². The SMILES string of the molecule is CCn1c(SCC(=O)NN=Cc2cc(OC)ccc2OC)nnc1-c1ccc(C(C)(C)C)cc1. The standard InChI is InChI=1S/C25H31N5O3S/c1-7-30-23(17-8-10-19(11-9-17)25(2,3)4)28-29-24(30)34-16-22(31)27-26-15-18-14-20(32-5)12-13-21(18)33-6/h8-15H,7,16H2,1-6H3,(H,27,31). The van der Waals surface area contributed by atoms with Crippen LogP contribution in [0.3, 0.4) is 0 Å². The molecule has 9 heteroatoms. The highest BCUT2D eigenvalue weighted by Crippen LogP contribution is 2.27. The molecule has 1 aromatic heterocycles. The topological polar surface area (TPSA) is 90.6 Å². The summed E-state index contributed by atoms with van der Waals surface area (Å²) < 4.78 is 12.5. The Balaban J connectivity index is 1.63. The minimum absolute atomic E-state index is 0.0888. The Hall–Kier alpha value is -3.33. The number of methoxy groups -OCH3 is 2. The summed E-state index contributed by atoms with van der Waals surface area (Å²) in [6.45, 7) is 9.29. The fraction of sp³-hybridized carbons (Fsp3) is 0.360. The molecule has 180 valence electrons. The van der Waals surface area contributed by atoms with Crippen molar-refractivity contribution in [2.75, 3.05) is 20.0 Å². The Labute approximate surface area is 204 Å². The molecule has 3 rings (SSSR count). The minimum atomic E-state index is -0.246. The third kappa shape index (κ3) is 6.17. The van der Waals surface area contributed by atoms with Crippen LogP contribution in [0.2, 0.25) is 0 Å². The minimum Gasteiger partial charge on any atom is -0.497 e. The molecule has 0 bridgehead atoms. The normalized spacial score (nSPS) is 11.6. The Bertz CT molecular complexity index is 1150. The van der Waals surface area contributed by atoms with Gasteiger partial charge in [-0.1, -0.05) is 56.8 Å². The lowest BCUT2D eigenvalue weighted by Gasteiger charge is -2.19. The summed E-state index contributed by atoms with van der Waals surface area (Å²) >= 11 is 1.32. The van der Waals surface area contributed by atoms with Gasteiger partial charge in [-0.2, -0.15) is 5.10 Å². The van der Waals surface area contributed by atoms with E-state index in [1.165, 1.54) is 23.5 Å². The fourth-order valence-electron chi connectivity index (χ4n) is 3.29. The molecular weight excluding hydrogens is 450 g/mol. The maximum atomic E-state index is 12.3. The number of ether oxygens (including phenoxy) is 2. The van der Waals surface area contributed by atoms with Gasteiger partial charge in [0, 0.05) is 17.7 Å². The zero-order chi connectivity index (χ0) is 24.7. The van der Waals surface area contributed by atoms with Crippen LogP contribution in [-0.2, 0) is 16.8 Å². The monoisotopic (exact) mass is 481 g/mol. The number of nitrogens with one attached hydrogen (secondary N) is 1. The van der Waals surface area contributed by atoms with E-state index in [0.29, 0.717) is 28.8 Å². The van der Waals surface area contributed by atoms with E-state index in [1.54, 1.807) is 32.4 Å². The number of thioether (sulfide) groups is 1. The molecule has 0 spiro atoms. The van der Waals surface area contributed by atoms with E-state index < -0.39 is 0 Å². The van der Waals surface area contributed by atoms with Crippen LogP contribution in [0.1, 0.15) is 38.8 Å². The van der Waals surface area contributed by atoms with E-state index in [-0.39, 0.29) is 17.1 Å². The maximum absolute atomic E-state index is 12.3. The lowest BCUT2D eigenvalue weighted by Crippen LogP contribution is -2.20. The van der Waals surface area contributed by atoms with Gasteiger partial charge < -0.3 is 14.0 Å². The Morgan fingerprint density at radius 2 is 1.85 bits per heavy atom. The summed E-state index contributed by atoms with van der Waals surface area (Å²) in [4.78, 5) is 12.3. The lowest BCUT2D eigenvalue weighted by atomic mass is 9.87. The van der Waals surface area contributed by atoms with Crippen molar-refractivity contribution >= 4 is 23.9 Å². The Morgan fingerprint density at radius 1 is 1.12 bits per heavy atom. The molecule has 0 unspecified atom stereocenters. The number of carbonyl (C=O) groups is 1. The molecule has 34 heavy (non-hydrogen) atoms. The van der Waals surface area contributed by atoms with Crippen LogP contribution in [-0.4, -0.2) is 46.9 Å². The van der Waals surface area contributed by atoms with E-state index in [4.69, 9.17) is 9.47 Å². The highest BCUT2D eigenvalue weighted by atomic mass is 32.2. The molecule has 0 saturated carbocycles. The van der Waals surface area contributed by atoms with E-state index in [2.05, 4.69) is 65.8 Å². The molecule has 0 aliphatic carbocycles. The largest absolute Gasteiger partial charge is 0.497 e. The number of hydrazone groups is 1. The summed E-state index contributed by atoms with van der Waals surface area (Å²) in [6, 6.07) is 13.7. The zero-order valence-corrected chi connectivity index (χ0v) is 21.3. The molecule has 0 saturated heterocycles. The second-order valence-corrected chi connectivity index (χ2v) is 9.51. The lowest BCUT2D eigenvalue weighted by molar-refractivity contribution is -0.118. The van der Waals surface area contributed by atoms with Crippen LogP contribution in [0.5, 0.6) is 11.5 Å². The molecule has 0 aliphatic heterocycles. The number of amides is 1. The highest BCUT2D eigenvalue weighted by Gasteiger charge is 2.17. The molecule has 1 amide bonds. The van der Waals surface area contributed by atoms with E-state index in [9.17, 15) is 4.79 Å². The average Bonchev–Trinajstić information content (AvgIpc) is 3.25. The highest BCUT2D eigenvalue weighted by molar-refractivity contribution is 7.99. The quantitative estimate of drug-likeness (QED) is 0.274. The van der Waals surface area contributed by atoms with Crippen molar-refractivity contribution < 1.29 is 14.3 Å². The third-order valence-electron chi connectivity index (χ3n) is 5.20. The molecule has 1 N–H and O–H groups in total. The van der Waals surface area contributed by atoms with Gasteiger partial charge >= 0.3 is 0 Å². The summed E-state index contributed by atoms with van der Waals surface area (Å²) in [7, 11) is 3.16. The number of hydrogen-bond donors (Lipinski definition) is 1. The molecule has 2 aromatic carbocycles. The summed E-state index contributed by atoms with van der Waals surface area (Å²) in [5, 5.41) is 13.4. The van der Waals surface area contributed by atoms with Gasteiger partial charge in [-0.25, -0.2) is 5.43 Å². The molecular formula is C25H31N5O3S. The molecule has 0 atom stereocenters. The average molecular weight is 482 g/mol. The maximum Gasteiger partial charge on any atom is 0.250 e. The van der Waals surface area contributed by atoms with Gasteiger partial charge in [-0.3, -0.25) is 4.79 Å². The molecule has 1 heterocycles. The second kappa shape index (κ2) is 11.2. The van der Waals surface area contributed by atoms with Crippen LogP contribution in [0.25, 0.3) is 11.4 Å². The first-order valence-corrected chi connectivity index (χ1v) is 12.0. The first kappa shape index (κ1) is 25.3. The zero-order valence-electron chi connectivity index (χ0n) is 20.5. The van der Waals surface area contributed by atoms with Gasteiger partial charge in [-0.05, 0) is 36.1 Å². The fourth-order valence-corrected chi connectivity index (χ4v) is 4.08. The molecule has 0 radical (unpaired) electrons. The smallest absolute Gasteiger partial charge is 0.250 e. The van der Waals surface area contributed by atoms with E-state index in [0.717, 1.165) is 11.4 Å². The summed E-state index contributed by atoms with van der Waals surface area (Å²) in [5.74, 6) is 2.01. The molecule has 8 nitrogen and oxygen atoms in total. The van der Waals surface area contributed by atoms with Crippen molar-refractivity contribution in [1.29, 1.82) is 0 Å². The number of aromatic nitrogens is 3. The number of rotatable bonds is 9. The number of hydrogen-bond acceptors (Lipinski definition) is 7. The van der Waals surface area contributed by atoms with Crippen LogP contribution in [0.4, 0.5) is 0 Å². The van der Waals surface area contributed by atoms with Gasteiger partial charge in [0.05, 0.1) is 26.2 Å². The first-order valence-electron chi connectivity index (χ1n) is 11.0. The van der Waals surface area contributed by atoms with Gasteiger partial charge in [0.2, 0.25) is 0 Å². The van der Waals surface area contributed by atoms with Crippen molar-refractivity contribution in [3.63, 3.8) is 0 Å². The predicted molar refractivity (Wildman–Crippen MR) is 136 cm³/mol. The second-order valence-electron chi connectivity index (χ2n) is 8.57. The number of nitrogens with zero attached hydrogens (tertiary/aromatic N) is 4. The van der Waals surface area contributed by atoms with Crippen LogP contribution >= 0.6 is 11.8 Å². The summed E-state index contributed by atoms with van der Waals surface area (Å²) in [5.41, 5.74) is 5.59. The summed E-state index contributed by atoms with van der Waals surface area (Å²) in [6.07, 6.45) is 1.53. The molecule has 3 aromatic rings. The van der Waals surface area contributed by atoms with Crippen LogP contribution < -0.4 is 14.9 Å². The van der Waals surface area contributed by atoms with Gasteiger partial charge in [0.25, 0.3) is 5.91 Å². The third-order valence-corrected chi connectivity index (χ3v) is 6.17. The van der Waals surface area contributed by atoms with E-state index >= 15 is 0 Å². The Kier molecular flexibility index (Phi) is 8.33. The Morgan fingerprint density at radius 3 is 2.47 bits per heavy atom. The van der Waals surface area contributed by atoms with E-state index in [1.807, 2.05) is 11.5 Å². The van der Waals surface area contributed by atoms with Gasteiger partial charge in [0.15, 0.2) is 11.0 Å². The van der Waals surface area contributed by atoms with Crippen molar-refractivity contribution in [3.8, 4) is 22.9 Å². The van der Waals surface area contributed by atoms with Crippen molar-refractivity contribution in [2.45, 2.75) is 44.8 Å². The molecule has 0 fully saturated rings. The number of carbonyl (C=O) groups excluding carboxylic acids is 1. The first-order chi connectivity index (χ1) is 16.3. The van der Waals surface area contributed by atoms with Crippen molar-refractivity contribution in [2.24, 2.45) is 5.10 Å². The van der Waals surface area contributed by atoms with Crippen molar-refractivity contribution in [3.05, 3.63) is 53.6 Å². The van der Waals surface area contributed by atoms with Crippen molar-refractivity contribution in [1.82, 2.24) is 20.2 Å². The number of benzene rings is 2. The van der Waals surface area contributed by atoms with Crippen LogP contribution in [0.15, 0.2) is 52.7 Å².